The van der Waals surface area contributed by atoms with Crippen LogP contribution in [-0.4, -0.2) is 67.4 Å². The van der Waals surface area contributed by atoms with E-state index >= 15 is 0 Å². The maximum absolute atomic E-state index is 10.8. The molecule has 34 heavy (non-hydrogen) atoms. The minimum absolute atomic E-state index is 0.577. The first-order chi connectivity index (χ1) is 16.8. The molecule has 5 nitrogen and oxygen atoms in total. The Bertz CT molecular complexity index is 859. The molecule has 5 rings (SSSR count). The molecule has 0 atom stereocenters. The smallest absolute Gasteiger partial charge is 0.119 e. The molecular formula is C29H40N2O3. The van der Waals surface area contributed by atoms with Crippen molar-refractivity contribution in [1.82, 2.24) is 9.80 Å². The standard InChI is InChI=1S/C29H40N2O3/c32-29-25-11-9-23(33-19-7-17-30-13-3-1-4-14-30)21-27(25)28-22-24(10-12-26(28)29)34-20-8-18-31-15-5-2-6-16-31/h9-12,21-22,29,32H,1-8,13-20H2. The molecule has 3 aliphatic rings. The number of piperidine rings is 2. The van der Waals surface area contributed by atoms with Gasteiger partial charge < -0.3 is 24.4 Å². The molecule has 0 unspecified atom stereocenters. The third kappa shape index (κ3) is 5.76. The molecule has 0 bridgehead atoms. The predicted molar refractivity (Wildman–Crippen MR) is 137 cm³/mol. The van der Waals surface area contributed by atoms with Crippen LogP contribution in [0.25, 0.3) is 11.1 Å². The topological polar surface area (TPSA) is 45.2 Å². The van der Waals surface area contributed by atoms with E-state index in [1.54, 1.807) is 0 Å². The van der Waals surface area contributed by atoms with E-state index in [1.807, 2.05) is 24.3 Å². The average Bonchev–Trinajstić information content (AvgIpc) is 3.16. The van der Waals surface area contributed by atoms with Gasteiger partial charge in [-0.2, -0.15) is 0 Å². The fourth-order valence-corrected chi connectivity index (χ4v) is 5.68. The number of aliphatic hydroxyl groups excluding tert-OH is 1. The first-order valence-corrected chi connectivity index (χ1v) is 13.4. The number of aliphatic hydroxyl groups is 1. The molecule has 0 amide bonds. The molecule has 1 N–H and O–H groups in total. The summed E-state index contributed by atoms with van der Waals surface area (Å²) in [4.78, 5) is 5.10. The lowest BCUT2D eigenvalue weighted by Crippen LogP contribution is -2.31. The first kappa shape index (κ1) is 23.7. The predicted octanol–water partition coefficient (Wildman–Crippen LogP) is 5.26. The van der Waals surface area contributed by atoms with Crippen LogP contribution in [0.2, 0.25) is 0 Å². The number of benzene rings is 2. The van der Waals surface area contributed by atoms with E-state index in [0.717, 1.165) is 72.9 Å². The minimum atomic E-state index is -0.577. The summed E-state index contributed by atoms with van der Waals surface area (Å²) in [7, 11) is 0. The van der Waals surface area contributed by atoms with Crippen molar-refractivity contribution in [1.29, 1.82) is 0 Å². The lowest BCUT2D eigenvalue weighted by atomic mass is 10.1. The van der Waals surface area contributed by atoms with Crippen molar-refractivity contribution in [2.45, 2.75) is 57.5 Å². The summed E-state index contributed by atoms with van der Waals surface area (Å²) in [6.45, 7) is 8.62. The van der Waals surface area contributed by atoms with Crippen molar-refractivity contribution in [2.24, 2.45) is 0 Å². The summed E-state index contributed by atoms with van der Waals surface area (Å²) in [6, 6.07) is 12.2. The van der Waals surface area contributed by atoms with Crippen molar-refractivity contribution in [3.05, 3.63) is 47.5 Å². The lowest BCUT2D eigenvalue weighted by Gasteiger charge is -2.26. The molecule has 0 spiro atoms. The summed E-state index contributed by atoms with van der Waals surface area (Å²) < 4.78 is 12.2. The molecule has 2 aromatic rings. The Hall–Kier alpha value is -2.08. The lowest BCUT2D eigenvalue weighted by molar-refractivity contribution is 0.205. The molecule has 5 heteroatoms. The van der Waals surface area contributed by atoms with E-state index in [-0.39, 0.29) is 0 Å². The summed E-state index contributed by atoms with van der Waals surface area (Å²) >= 11 is 0. The zero-order chi connectivity index (χ0) is 23.2. The molecule has 184 valence electrons. The van der Waals surface area contributed by atoms with Gasteiger partial charge in [0.15, 0.2) is 0 Å². The van der Waals surface area contributed by atoms with Gasteiger partial charge in [-0.15, -0.1) is 0 Å². The number of hydrogen-bond donors (Lipinski definition) is 1. The number of nitrogens with zero attached hydrogens (tertiary/aromatic N) is 2. The van der Waals surface area contributed by atoms with Gasteiger partial charge in [0.25, 0.3) is 0 Å². The minimum Gasteiger partial charge on any atom is -0.494 e. The SMILES string of the molecule is OC1c2ccc(OCCCN3CCCCC3)cc2-c2cc(OCCCN3CCCCC3)ccc21. The molecular weight excluding hydrogens is 424 g/mol. The second-order valence-corrected chi connectivity index (χ2v) is 10.1. The van der Waals surface area contributed by atoms with E-state index < -0.39 is 6.10 Å². The molecule has 2 fully saturated rings. The van der Waals surface area contributed by atoms with Crippen molar-refractivity contribution in [3.8, 4) is 22.6 Å². The van der Waals surface area contributed by atoms with Gasteiger partial charge in [-0.05, 0) is 111 Å². The second-order valence-electron chi connectivity index (χ2n) is 10.1. The molecule has 0 saturated carbocycles. The van der Waals surface area contributed by atoms with Gasteiger partial charge >= 0.3 is 0 Å². The van der Waals surface area contributed by atoms with Gasteiger partial charge in [0.05, 0.1) is 13.2 Å². The molecule has 1 aliphatic carbocycles. The summed E-state index contributed by atoms with van der Waals surface area (Å²) in [6.07, 6.45) is 9.59. The highest BCUT2D eigenvalue weighted by Crippen LogP contribution is 2.46. The van der Waals surface area contributed by atoms with Crippen molar-refractivity contribution in [2.75, 3.05) is 52.5 Å². The molecule has 2 aromatic carbocycles. The zero-order valence-electron chi connectivity index (χ0n) is 20.5. The van der Waals surface area contributed by atoms with Gasteiger partial charge in [-0.3, -0.25) is 0 Å². The Morgan fingerprint density at radius 1 is 0.647 bits per heavy atom. The highest BCUT2D eigenvalue weighted by Gasteiger charge is 2.28. The Balaban J connectivity index is 1.16. The molecule has 0 radical (unpaired) electrons. The third-order valence-corrected chi connectivity index (χ3v) is 7.60. The van der Waals surface area contributed by atoms with E-state index in [2.05, 4.69) is 21.9 Å². The Morgan fingerprint density at radius 3 is 1.53 bits per heavy atom. The van der Waals surface area contributed by atoms with Gasteiger partial charge in [0.2, 0.25) is 0 Å². The summed E-state index contributed by atoms with van der Waals surface area (Å²) in [5.41, 5.74) is 4.04. The van der Waals surface area contributed by atoms with Crippen LogP contribution < -0.4 is 9.47 Å². The molecule has 2 aliphatic heterocycles. The van der Waals surface area contributed by atoms with Crippen LogP contribution in [-0.2, 0) is 0 Å². The second kappa shape index (κ2) is 11.6. The van der Waals surface area contributed by atoms with Crippen LogP contribution in [0.4, 0.5) is 0 Å². The highest BCUT2D eigenvalue weighted by molar-refractivity contribution is 5.80. The third-order valence-electron chi connectivity index (χ3n) is 7.60. The number of fused-ring (bicyclic) bond motifs is 3. The number of likely N-dealkylation sites (tertiary alicyclic amines) is 2. The van der Waals surface area contributed by atoms with Crippen LogP contribution in [0.5, 0.6) is 11.5 Å². The quantitative estimate of drug-likeness (QED) is 0.486. The van der Waals surface area contributed by atoms with Gasteiger partial charge in [0, 0.05) is 13.1 Å². The fraction of sp³-hybridized carbons (Fsp3) is 0.586. The average molecular weight is 465 g/mol. The van der Waals surface area contributed by atoms with E-state index in [1.165, 1.54) is 64.7 Å². The van der Waals surface area contributed by atoms with Crippen molar-refractivity contribution >= 4 is 0 Å². The first-order valence-electron chi connectivity index (χ1n) is 13.4. The number of hydrogen-bond acceptors (Lipinski definition) is 5. The maximum Gasteiger partial charge on any atom is 0.119 e. The fourth-order valence-electron chi connectivity index (χ4n) is 5.68. The zero-order valence-corrected chi connectivity index (χ0v) is 20.5. The van der Waals surface area contributed by atoms with Gasteiger partial charge in [0.1, 0.15) is 17.6 Å². The van der Waals surface area contributed by atoms with Gasteiger partial charge in [-0.25, -0.2) is 0 Å². The molecule has 2 saturated heterocycles. The summed E-state index contributed by atoms with van der Waals surface area (Å²) in [5.74, 6) is 1.76. The molecule has 0 aromatic heterocycles. The largest absolute Gasteiger partial charge is 0.494 e. The normalized spacial score (nSPS) is 19.1. The van der Waals surface area contributed by atoms with Crippen LogP contribution in [0.3, 0.4) is 0 Å². The Morgan fingerprint density at radius 2 is 1.09 bits per heavy atom. The van der Waals surface area contributed by atoms with Crippen LogP contribution in [0.1, 0.15) is 68.6 Å². The van der Waals surface area contributed by atoms with E-state index in [9.17, 15) is 5.11 Å². The number of ether oxygens (including phenoxy) is 2. The number of rotatable bonds is 10. The van der Waals surface area contributed by atoms with E-state index in [4.69, 9.17) is 9.47 Å². The molecule has 2 heterocycles. The Kier molecular flexibility index (Phi) is 8.05. The summed E-state index contributed by atoms with van der Waals surface area (Å²) in [5, 5.41) is 10.8. The maximum atomic E-state index is 10.8. The van der Waals surface area contributed by atoms with Crippen LogP contribution in [0.15, 0.2) is 36.4 Å². The van der Waals surface area contributed by atoms with Crippen LogP contribution >= 0.6 is 0 Å². The van der Waals surface area contributed by atoms with E-state index in [0.29, 0.717) is 0 Å². The Labute approximate surface area is 204 Å². The van der Waals surface area contributed by atoms with Crippen molar-refractivity contribution < 1.29 is 14.6 Å². The van der Waals surface area contributed by atoms with Crippen molar-refractivity contribution in [3.63, 3.8) is 0 Å². The highest BCUT2D eigenvalue weighted by atomic mass is 16.5. The van der Waals surface area contributed by atoms with Gasteiger partial charge in [-0.1, -0.05) is 25.0 Å². The monoisotopic (exact) mass is 464 g/mol. The van der Waals surface area contributed by atoms with Crippen LogP contribution in [0, 0.1) is 0 Å².